The Labute approximate surface area is 102 Å². The van der Waals surface area contributed by atoms with Crippen molar-refractivity contribution in [3.05, 3.63) is 0 Å². The van der Waals surface area contributed by atoms with E-state index in [2.05, 4.69) is 25.8 Å². The van der Waals surface area contributed by atoms with Crippen molar-refractivity contribution in [2.45, 2.75) is 59.4 Å². The summed E-state index contributed by atoms with van der Waals surface area (Å²) in [5.41, 5.74) is 0. The molecule has 1 aliphatic heterocycles. The quantitative estimate of drug-likeness (QED) is 0.733. The van der Waals surface area contributed by atoms with E-state index in [4.69, 9.17) is 4.74 Å². The maximum atomic E-state index is 5.53. The Balaban J connectivity index is 0.00000106. The molecule has 0 aromatic carbocycles. The van der Waals surface area contributed by atoms with Crippen molar-refractivity contribution in [2.75, 3.05) is 26.8 Å². The van der Waals surface area contributed by atoms with E-state index in [0.717, 1.165) is 19.1 Å². The molecule has 0 amide bonds. The first-order chi connectivity index (χ1) is 7.70. The zero-order valence-electron chi connectivity index (χ0n) is 12.0. The van der Waals surface area contributed by atoms with Crippen molar-refractivity contribution in [2.24, 2.45) is 5.92 Å². The summed E-state index contributed by atoms with van der Waals surface area (Å²) in [7, 11) is 2.23. The minimum atomic E-state index is 0.668. The van der Waals surface area contributed by atoms with Crippen LogP contribution in [0.1, 0.15) is 53.4 Å². The summed E-state index contributed by atoms with van der Waals surface area (Å²) in [5.74, 6) is 0.850. The smallest absolute Gasteiger partial charge is 0.0469 e. The Morgan fingerprint density at radius 1 is 1.12 bits per heavy atom. The lowest BCUT2D eigenvalue weighted by Gasteiger charge is -2.28. The molecular weight excluding hydrogens is 198 g/mol. The summed E-state index contributed by atoms with van der Waals surface area (Å²) in [6.45, 7) is 11.7. The first-order valence-corrected chi connectivity index (χ1v) is 6.98. The lowest BCUT2D eigenvalue weighted by Crippen LogP contribution is -2.32. The van der Waals surface area contributed by atoms with E-state index in [-0.39, 0.29) is 0 Å². The van der Waals surface area contributed by atoms with E-state index >= 15 is 0 Å². The maximum absolute atomic E-state index is 5.53. The van der Waals surface area contributed by atoms with Crippen molar-refractivity contribution >= 4 is 0 Å². The van der Waals surface area contributed by atoms with Crippen LogP contribution in [0.2, 0.25) is 0 Å². The van der Waals surface area contributed by atoms with Crippen LogP contribution in [0, 0.1) is 5.92 Å². The van der Waals surface area contributed by atoms with Crippen molar-refractivity contribution in [1.82, 2.24) is 4.90 Å². The molecule has 16 heavy (non-hydrogen) atoms. The van der Waals surface area contributed by atoms with Crippen molar-refractivity contribution < 1.29 is 4.74 Å². The molecule has 1 saturated heterocycles. The molecule has 0 bridgehead atoms. The molecule has 0 N–H and O–H groups in total. The zero-order chi connectivity index (χ0) is 12.4. The van der Waals surface area contributed by atoms with E-state index in [1.807, 2.05) is 13.8 Å². The Bertz CT molecular complexity index is 140. The van der Waals surface area contributed by atoms with Crippen LogP contribution in [0.4, 0.5) is 0 Å². The van der Waals surface area contributed by atoms with Gasteiger partial charge in [-0.15, -0.1) is 0 Å². The highest BCUT2D eigenvalue weighted by atomic mass is 16.5. The van der Waals surface area contributed by atoms with Gasteiger partial charge in [0, 0.05) is 25.8 Å². The van der Waals surface area contributed by atoms with Crippen LogP contribution >= 0.6 is 0 Å². The van der Waals surface area contributed by atoms with Crippen molar-refractivity contribution in [1.29, 1.82) is 0 Å². The molecule has 1 unspecified atom stereocenters. The average molecular weight is 229 g/mol. The van der Waals surface area contributed by atoms with Gasteiger partial charge in [0.1, 0.15) is 0 Å². The molecule has 1 heterocycles. The maximum Gasteiger partial charge on any atom is 0.0469 e. The van der Waals surface area contributed by atoms with Gasteiger partial charge >= 0.3 is 0 Å². The van der Waals surface area contributed by atoms with Gasteiger partial charge < -0.3 is 9.64 Å². The number of nitrogens with zero attached hydrogens (tertiary/aromatic N) is 1. The van der Waals surface area contributed by atoms with Crippen molar-refractivity contribution in [3.63, 3.8) is 0 Å². The van der Waals surface area contributed by atoms with Gasteiger partial charge in [-0.05, 0) is 46.1 Å². The Kier molecular flexibility index (Phi) is 10.0. The lowest BCUT2D eigenvalue weighted by molar-refractivity contribution is 0.0889. The molecule has 1 atom stereocenters. The molecule has 2 nitrogen and oxygen atoms in total. The number of ether oxygens (including phenoxy) is 1. The second-order valence-electron chi connectivity index (χ2n) is 4.80. The normalized spacial score (nSPS) is 22.3. The van der Waals surface area contributed by atoms with Gasteiger partial charge in [-0.3, -0.25) is 0 Å². The zero-order valence-corrected chi connectivity index (χ0v) is 12.0. The lowest BCUT2D eigenvalue weighted by atomic mass is 9.97. The molecule has 0 spiro atoms. The highest BCUT2D eigenvalue weighted by molar-refractivity contribution is 4.67. The van der Waals surface area contributed by atoms with E-state index in [1.54, 1.807) is 0 Å². The predicted octanol–water partition coefficient (Wildman–Crippen LogP) is 3.56. The van der Waals surface area contributed by atoms with E-state index < -0.39 is 0 Å². The highest BCUT2D eigenvalue weighted by Gasteiger charge is 2.14. The Morgan fingerprint density at radius 3 is 2.44 bits per heavy atom. The van der Waals surface area contributed by atoms with Gasteiger partial charge in [0.05, 0.1) is 0 Å². The van der Waals surface area contributed by atoms with Gasteiger partial charge in [0.25, 0.3) is 0 Å². The molecule has 98 valence electrons. The third-order valence-electron chi connectivity index (χ3n) is 3.25. The fourth-order valence-corrected chi connectivity index (χ4v) is 1.93. The van der Waals surface area contributed by atoms with Gasteiger partial charge in [0.15, 0.2) is 0 Å². The molecule has 0 aromatic rings. The SMILES string of the molecule is CC.CC(C)N(C)CC1CCCCOCC1. The van der Waals surface area contributed by atoms with E-state index in [9.17, 15) is 0 Å². The summed E-state index contributed by atoms with van der Waals surface area (Å²) >= 11 is 0. The molecule has 0 saturated carbocycles. The highest BCUT2D eigenvalue weighted by Crippen LogP contribution is 2.17. The van der Waals surface area contributed by atoms with Crippen LogP contribution in [0.3, 0.4) is 0 Å². The standard InChI is InChI=1S/C12H25NO.C2H6/c1-11(2)13(3)10-12-6-4-5-8-14-9-7-12;1-2/h11-12H,4-10H2,1-3H3;1-2H3. The molecule has 0 aliphatic carbocycles. The molecule has 0 radical (unpaired) electrons. The van der Waals surface area contributed by atoms with E-state index in [0.29, 0.717) is 6.04 Å². The van der Waals surface area contributed by atoms with Crippen molar-refractivity contribution in [3.8, 4) is 0 Å². The van der Waals surface area contributed by atoms with Crippen LogP contribution in [-0.4, -0.2) is 37.7 Å². The summed E-state index contributed by atoms with van der Waals surface area (Å²) < 4.78 is 5.53. The second-order valence-corrected chi connectivity index (χ2v) is 4.80. The summed E-state index contributed by atoms with van der Waals surface area (Å²) in [6, 6.07) is 0.668. The first-order valence-electron chi connectivity index (χ1n) is 6.98. The summed E-state index contributed by atoms with van der Waals surface area (Å²) in [5, 5.41) is 0. The second kappa shape index (κ2) is 10.1. The molecular formula is C14H31NO. The third-order valence-corrected chi connectivity index (χ3v) is 3.25. The molecule has 1 rings (SSSR count). The Hall–Kier alpha value is -0.0800. The van der Waals surface area contributed by atoms with Crippen LogP contribution in [0.25, 0.3) is 0 Å². The van der Waals surface area contributed by atoms with Gasteiger partial charge in [-0.1, -0.05) is 20.3 Å². The topological polar surface area (TPSA) is 12.5 Å². The fourth-order valence-electron chi connectivity index (χ4n) is 1.93. The third kappa shape index (κ3) is 7.24. The fraction of sp³-hybridized carbons (Fsp3) is 1.00. The van der Waals surface area contributed by atoms with Crippen LogP contribution < -0.4 is 0 Å². The van der Waals surface area contributed by atoms with Gasteiger partial charge in [-0.25, -0.2) is 0 Å². The largest absolute Gasteiger partial charge is 0.381 e. The monoisotopic (exact) mass is 229 g/mol. The molecule has 1 aliphatic rings. The minimum absolute atomic E-state index is 0.668. The number of hydrogen-bond acceptors (Lipinski definition) is 2. The summed E-state index contributed by atoms with van der Waals surface area (Å²) in [6.07, 6.45) is 5.23. The first kappa shape index (κ1) is 15.9. The number of rotatable bonds is 3. The predicted molar refractivity (Wildman–Crippen MR) is 71.9 cm³/mol. The molecule has 1 fully saturated rings. The summed E-state index contributed by atoms with van der Waals surface area (Å²) in [4.78, 5) is 2.45. The minimum Gasteiger partial charge on any atom is -0.381 e. The Morgan fingerprint density at radius 2 is 1.81 bits per heavy atom. The van der Waals surface area contributed by atoms with Gasteiger partial charge in [-0.2, -0.15) is 0 Å². The van der Waals surface area contributed by atoms with Gasteiger partial charge in [0.2, 0.25) is 0 Å². The van der Waals surface area contributed by atoms with Crippen LogP contribution in [0.15, 0.2) is 0 Å². The van der Waals surface area contributed by atoms with Crippen LogP contribution in [-0.2, 0) is 4.74 Å². The molecule has 2 heteroatoms. The van der Waals surface area contributed by atoms with Crippen LogP contribution in [0.5, 0.6) is 0 Å². The number of hydrogen-bond donors (Lipinski definition) is 0. The average Bonchev–Trinajstić information content (AvgIpc) is 2.24. The van der Waals surface area contributed by atoms with E-state index in [1.165, 1.54) is 32.2 Å². The molecule has 0 aromatic heterocycles.